The van der Waals surface area contributed by atoms with Gasteiger partial charge in [-0.05, 0) is 39.1 Å². The zero-order valence-corrected chi connectivity index (χ0v) is 9.75. The van der Waals surface area contributed by atoms with Crippen LogP contribution in [0.4, 0.5) is 0 Å². The molecular weight excluding hydrogens is 172 g/mol. The lowest BCUT2D eigenvalue weighted by molar-refractivity contribution is 0.125. The summed E-state index contributed by atoms with van der Waals surface area (Å²) >= 11 is 3.86. The van der Waals surface area contributed by atoms with Crippen LogP contribution in [0.5, 0.6) is 0 Å². The quantitative estimate of drug-likeness (QED) is 0.378. The summed E-state index contributed by atoms with van der Waals surface area (Å²) in [5, 5.41) is 2.61. The summed E-state index contributed by atoms with van der Waals surface area (Å²) in [5.74, 6) is 0. The molecular formula is C8H16OSSi. The molecule has 0 amide bonds. The van der Waals surface area contributed by atoms with Gasteiger partial charge in [0.05, 0.1) is 0 Å². The zero-order chi connectivity index (χ0) is 9.12. The summed E-state index contributed by atoms with van der Waals surface area (Å²) in [4.78, 5) is 0. The molecule has 0 saturated heterocycles. The lowest BCUT2D eigenvalue weighted by Gasteiger charge is -2.28. The maximum atomic E-state index is 5.78. The Labute approximate surface area is 76.1 Å². The van der Waals surface area contributed by atoms with Crippen LogP contribution < -0.4 is 0 Å². The molecule has 0 aliphatic rings. The molecule has 0 N–H and O–H groups in total. The van der Waals surface area contributed by atoms with Crippen LogP contribution in [0.15, 0.2) is 0 Å². The van der Waals surface area contributed by atoms with Crippen LogP contribution in [-0.4, -0.2) is 13.9 Å². The molecule has 0 aromatic carbocycles. The van der Waals surface area contributed by atoms with E-state index in [4.69, 9.17) is 4.43 Å². The third-order valence-corrected chi connectivity index (χ3v) is 3.09. The van der Waals surface area contributed by atoms with Gasteiger partial charge in [0.25, 0.3) is 8.32 Å². The van der Waals surface area contributed by atoms with Crippen molar-refractivity contribution in [3.8, 4) is 10.8 Å². The van der Waals surface area contributed by atoms with Crippen LogP contribution >= 0.6 is 12.6 Å². The molecule has 0 fully saturated rings. The number of rotatable bonds is 1. The van der Waals surface area contributed by atoms with Gasteiger partial charge in [-0.15, -0.1) is 0 Å². The molecule has 3 heteroatoms. The molecule has 0 atom stereocenters. The Hall–Kier alpha value is 0.0869. The second-order valence-corrected chi connectivity index (χ2v) is 7.66. The third-order valence-electron chi connectivity index (χ3n) is 0.918. The predicted molar refractivity (Wildman–Crippen MR) is 55.1 cm³/mol. The summed E-state index contributed by atoms with van der Waals surface area (Å²) in [6.07, 6.45) is 0. The molecule has 0 aliphatic carbocycles. The van der Waals surface area contributed by atoms with Crippen molar-refractivity contribution < 1.29 is 4.43 Å². The van der Waals surface area contributed by atoms with Crippen molar-refractivity contribution in [1.82, 2.24) is 0 Å². The average Bonchev–Trinajstić information content (AvgIpc) is 1.55. The van der Waals surface area contributed by atoms with Crippen LogP contribution in [0.25, 0.3) is 0 Å². The zero-order valence-electron chi connectivity index (χ0n) is 7.86. The second-order valence-electron chi connectivity index (χ2n) is 3.96. The highest BCUT2D eigenvalue weighted by Gasteiger charge is 2.26. The van der Waals surface area contributed by atoms with Crippen molar-refractivity contribution in [2.45, 2.75) is 39.5 Å². The van der Waals surface area contributed by atoms with Gasteiger partial charge in [0, 0.05) is 5.60 Å². The minimum Gasteiger partial charge on any atom is -0.401 e. The lowest BCUT2D eigenvalue weighted by Crippen LogP contribution is -2.38. The normalized spacial score (nSPS) is 12.2. The fourth-order valence-corrected chi connectivity index (χ4v) is 3.58. The topological polar surface area (TPSA) is 9.23 Å². The molecule has 0 spiro atoms. The first-order chi connectivity index (χ1) is 4.77. The highest BCUT2D eigenvalue weighted by atomic mass is 32.1. The van der Waals surface area contributed by atoms with Crippen molar-refractivity contribution in [3.63, 3.8) is 0 Å². The summed E-state index contributed by atoms with van der Waals surface area (Å²) in [6.45, 7) is 10.3. The van der Waals surface area contributed by atoms with E-state index in [1.165, 1.54) is 0 Å². The Morgan fingerprint density at radius 3 is 2.00 bits per heavy atom. The molecule has 1 nitrogen and oxygen atoms in total. The maximum Gasteiger partial charge on any atom is 0.267 e. The molecule has 0 saturated carbocycles. The second kappa shape index (κ2) is 3.66. The van der Waals surface area contributed by atoms with Crippen molar-refractivity contribution in [3.05, 3.63) is 0 Å². The first kappa shape index (κ1) is 11.1. The van der Waals surface area contributed by atoms with E-state index < -0.39 is 8.32 Å². The van der Waals surface area contributed by atoms with Crippen LogP contribution in [0.1, 0.15) is 20.8 Å². The van der Waals surface area contributed by atoms with Gasteiger partial charge in [-0.1, -0.05) is 18.2 Å². The first-order valence-electron chi connectivity index (χ1n) is 3.63. The standard InChI is InChI=1S/C8H16OSSi/c1-8(2,3)9-11(4,5)7-6-10/h10H,1-5H3. The highest BCUT2D eigenvalue weighted by Crippen LogP contribution is 2.15. The van der Waals surface area contributed by atoms with E-state index in [-0.39, 0.29) is 5.60 Å². The van der Waals surface area contributed by atoms with Gasteiger partial charge in [-0.25, -0.2) is 0 Å². The lowest BCUT2D eigenvalue weighted by atomic mass is 10.2. The monoisotopic (exact) mass is 188 g/mol. The van der Waals surface area contributed by atoms with E-state index in [9.17, 15) is 0 Å². The van der Waals surface area contributed by atoms with E-state index in [2.05, 4.69) is 36.5 Å². The van der Waals surface area contributed by atoms with E-state index in [1.807, 2.05) is 20.8 Å². The fraction of sp³-hybridized carbons (Fsp3) is 0.750. The molecule has 64 valence electrons. The van der Waals surface area contributed by atoms with Crippen molar-refractivity contribution in [2.24, 2.45) is 0 Å². The van der Waals surface area contributed by atoms with E-state index in [1.54, 1.807) is 0 Å². The van der Waals surface area contributed by atoms with Crippen LogP contribution in [0, 0.1) is 10.8 Å². The number of hydrogen-bond acceptors (Lipinski definition) is 2. The Kier molecular flexibility index (Phi) is 3.69. The minimum absolute atomic E-state index is 0.0899. The van der Waals surface area contributed by atoms with Crippen LogP contribution in [0.2, 0.25) is 13.1 Å². The summed E-state index contributed by atoms with van der Waals surface area (Å²) in [7, 11) is -1.78. The molecule has 11 heavy (non-hydrogen) atoms. The Morgan fingerprint density at radius 2 is 1.73 bits per heavy atom. The van der Waals surface area contributed by atoms with Gasteiger partial charge >= 0.3 is 0 Å². The fourth-order valence-electron chi connectivity index (χ4n) is 0.926. The predicted octanol–water partition coefficient (Wildman–Crippen LogP) is 2.44. The Bertz CT molecular complexity index is 182. The third kappa shape index (κ3) is 6.48. The van der Waals surface area contributed by atoms with Gasteiger partial charge in [-0.2, -0.15) is 0 Å². The molecule has 0 rings (SSSR count). The summed E-state index contributed by atoms with van der Waals surface area (Å²) in [6, 6.07) is 0. The maximum absolute atomic E-state index is 5.78. The van der Waals surface area contributed by atoms with Crippen molar-refractivity contribution >= 4 is 20.9 Å². The summed E-state index contributed by atoms with van der Waals surface area (Å²) in [5.41, 5.74) is 2.92. The van der Waals surface area contributed by atoms with Crippen molar-refractivity contribution in [1.29, 1.82) is 0 Å². The molecule has 0 heterocycles. The van der Waals surface area contributed by atoms with Crippen LogP contribution in [-0.2, 0) is 4.43 Å². The summed E-state index contributed by atoms with van der Waals surface area (Å²) < 4.78 is 5.78. The van der Waals surface area contributed by atoms with E-state index >= 15 is 0 Å². The minimum atomic E-state index is -1.78. The Balaban J connectivity index is 4.21. The van der Waals surface area contributed by atoms with Crippen LogP contribution in [0.3, 0.4) is 0 Å². The van der Waals surface area contributed by atoms with Crippen molar-refractivity contribution in [2.75, 3.05) is 0 Å². The molecule has 0 aliphatic heterocycles. The van der Waals surface area contributed by atoms with Gasteiger partial charge in [0.15, 0.2) is 0 Å². The first-order valence-corrected chi connectivity index (χ1v) is 6.99. The van der Waals surface area contributed by atoms with Gasteiger partial charge in [-0.3, -0.25) is 0 Å². The SMILES string of the molecule is CC(C)(C)O[Si](C)(C)C#CS. The number of thiol groups is 1. The molecule has 0 unspecified atom stereocenters. The molecule has 0 radical (unpaired) electrons. The molecule has 0 aromatic rings. The smallest absolute Gasteiger partial charge is 0.267 e. The molecule has 0 aromatic heterocycles. The Morgan fingerprint density at radius 1 is 1.27 bits per heavy atom. The highest BCUT2D eigenvalue weighted by molar-refractivity contribution is 7.85. The number of hydrogen-bond donors (Lipinski definition) is 1. The van der Waals surface area contributed by atoms with E-state index in [0.29, 0.717) is 0 Å². The van der Waals surface area contributed by atoms with Gasteiger partial charge in [0.1, 0.15) is 0 Å². The van der Waals surface area contributed by atoms with Gasteiger partial charge < -0.3 is 4.43 Å². The van der Waals surface area contributed by atoms with E-state index in [0.717, 1.165) is 0 Å². The molecule has 0 bridgehead atoms. The largest absolute Gasteiger partial charge is 0.401 e. The average molecular weight is 188 g/mol. The van der Waals surface area contributed by atoms with Gasteiger partial charge in [0.2, 0.25) is 0 Å².